The number of rotatable bonds is 1. The van der Waals surface area contributed by atoms with Gasteiger partial charge in [-0.3, -0.25) is 0 Å². The molecule has 0 aromatic heterocycles. The van der Waals surface area contributed by atoms with Crippen molar-refractivity contribution in [2.45, 2.75) is 33.3 Å². The van der Waals surface area contributed by atoms with Gasteiger partial charge in [-0.1, -0.05) is 20.8 Å². The zero-order chi connectivity index (χ0) is 11.2. The Labute approximate surface area is 84.9 Å². The third kappa shape index (κ3) is 6.78. The lowest BCUT2D eigenvalue weighted by atomic mass is 9.96. The molecule has 82 valence electrons. The van der Waals surface area contributed by atoms with Crippen LogP contribution in [0.15, 0.2) is 0 Å². The van der Waals surface area contributed by atoms with Gasteiger partial charge in [0.1, 0.15) is 0 Å². The fourth-order valence-corrected chi connectivity index (χ4v) is 1.63. The Morgan fingerprint density at radius 1 is 1.43 bits per heavy atom. The molecule has 4 nitrogen and oxygen atoms in total. The first-order chi connectivity index (χ1) is 6.39. The highest BCUT2D eigenvalue weighted by Crippen LogP contribution is 2.18. The van der Waals surface area contributed by atoms with Crippen LogP contribution in [0, 0.1) is 5.41 Å². The minimum absolute atomic E-state index is 0.0719. The first-order valence-corrected chi connectivity index (χ1v) is 4.79. The molecule has 0 radical (unpaired) electrons. The highest BCUT2D eigenvalue weighted by molar-refractivity contribution is 5.20. The molecule has 1 N–H and O–H groups in total. The van der Waals surface area contributed by atoms with Gasteiger partial charge in [0.05, 0.1) is 6.10 Å². The number of nitrogens with zero attached hydrogens (tertiary/aromatic N) is 1. The van der Waals surface area contributed by atoms with E-state index < -0.39 is 0 Å². The maximum atomic E-state index is 9.25. The molecule has 0 saturated carbocycles. The second kappa shape index (κ2) is 5.91. The van der Waals surface area contributed by atoms with Crippen LogP contribution in [-0.4, -0.2) is 41.9 Å². The number of hydrogen-bond donors (Lipinski definition) is 1. The summed E-state index contributed by atoms with van der Waals surface area (Å²) in [7, 11) is 0. The summed E-state index contributed by atoms with van der Waals surface area (Å²) < 4.78 is 0. The molecule has 0 aliphatic carbocycles. The van der Waals surface area contributed by atoms with Crippen molar-refractivity contribution in [2.24, 2.45) is 5.41 Å². The molecule has 1 heterocycles. The van der Waals surface area contributed by atoms with Crippen molar-refractivity contribution in [2.75, 3.05) is 19.6 Å². The molecular formula is C10H19NO3. The Balaban J connectivity index is 0.000000500. The van der Waals surface area contributed by atoms with Gasteiger partial charge in [-0.05, 0) is 11.8 Å². The normalized spacial score (nSPS) is 22.4. The minimum atomic E-state index is -0.0719. The zero-order valence-electron chi connectivity index (χ0n) is 9.12. The van der Waals surface area contributed by atoms with Crippen molar-refractivity contribution in [3.8, 4) is 0 Å². The largest absolute Gasteiger partial charge is 0.392 e. The summed E-state index contributed by atoms with van der Waals surface area (Å²) in [4.78, 5) is 18.6. The molecule has 1 fully saturated rings. The lowest BCUT2D eigenvalue weighted by Gasteiger charge is -2.25. The van der Waals surface area contributed by atoms with E-state index in [0.29, 0.717) is 5.41 Å². The standard InChI is InChI=1S/C9H19NO.CO2/c1-9(2,3)7-10-5-4-8(11)6-10;2-1-3/h8,11H,4-7H2,1-3H3;/t8-;/m1./s1. The summed E-state index contributed by atoms with van der Waals surface area (Å²) in [5, 5.41) is 9.25. The van der Waals surface area contributed by atoms with Crippen LogP contribution >= 0.6 is 0 Å². The van der Waals surface area contributed by atoms with Crippen molar-refractivity contribution in [3.05, 3.63) is 0 Å². The molecular weight excluding hydrogens is 182 g/mol. The van der Waals surface area contributed by atoms with Crippen LogP contribution in [0.25, 0.3) is 0 Å². The van der Waals surface area contributed by atoms with Gasteiger partial charge in [-0.25, -0.2) is 0 Å². The molecule has 1 atom stereocenters. The van der Waals surface area contributed by atoms with Gasteiger partial charge in [0.25, 0.3) is 0 Å². The number of β-amino-alcohol motifs (C(OH)–C–C–N with tert-alkyl or cyclic N) is 1. The Bertz CT molecular complexity index is 192. The van der Waals surface area contributed by atoms with E-state index in [2.05, 4.69) is 25.7 Å². The number of likely N-dealkylation sites (tertiary alicyclic amines) is 1. The Morgan fingerprint density at radius 3 is 2.21 bits per heavy atom. The molecule has 0 aromatic rings. The monoisotopic (exact) mass is 201 g/mol. The van der Waals surface area contributed by atoms with Crippen molar-refractivity contribution in [3.63, 3.8) is 0 Å². The molecule has 0 aromatic carbocycles. The van der Waals surface area contributed by atoms with Gasteiger partial charge in [0, 0.05) is 19.6 Å². The molecule has 14 heavy (non-hydrogen) atoms. The SMILES string of the molecule is CC(C)(C)CN1CC[C@@H](O)C1.O=C=O. The molecule has 1 saturated heterocycles. The summed E-state index contributed by atoms with van der Waals surface area (Å²) in [6, 6.07) is 0. The molecule has 4 heteroatoms. The first kappa shape index (κ1) is 13.3. The Hall–Kier alpha value is -0.700. The minimum Gasteiger partial charge on any atom is -0.392 e. The van der Waals surface area contributed by atoms with E-state index in [0.717, 1.165) is 26.1 Å². The maximum Gasteiger partial charge on any atom is 0.373 e. The maximum absolute atomic E-state index is 9.25. The topological polar surface area (TPSA) is 57.6 Å². The molecule has 0 amide bonds. The summed E-state index contributed by atoms with van der Waals surface area (Å²) in [6.45, 7) is 9.74. The predicted molar refractivity (Wildman–Crippen MR) is 51.5 cm³/mol. The van der Waals surface area contributed by atoms with Crippen molar-refractivity contribution in [1.82, 2.24) is 4.90 Å². The average molecular weight is 201 g/mol. The highest BCUT2D eigenvalue weighted by Gasteiger charge is 2.23. The van der Waals surface area contributed by atoms with Crippen molar-refractivity contribution >= 4 is 6.15 Å². The van der Waals surface area contributed by atoms with Crippen LogP contribution in [0.2, 0.25) is 0 Å². The van der Waals surface area contributed by atoms with E-state index in [1.807, 2.05) is 0 Å². The molecule has 1 rings (SSSR count). The molecule has 1 aliphatic heterocycles. The van der Waals surface area contributed by atoms with Crippen LogP contribution in [0.3, 0.4) is 0 Å². The van der Waals surface area contributed by atoms with E-state index in [1.54, 1.807) is 0 Å². The van der Waals surface area contributed by atoms with Gasteiger partial charge in [-0.15, -0.1) is 0 Å². The van der Waals surface area contributed by atoms with E-state index >= 15 is 0 Å². The number of aliphatic hydroxyl groups is 1. The number of aliphatic hydroxyl groups excluding tert-OH is 1. The van der Waals surface area contributed by atoms with Crippen LogP contribution in [0.1, 0.15) is 27.2 Å². The molecule has 0 unspecified atom stereocenters. The van der Waals surface area contributed by atoms with E-state index in [4.69, 9.17) is 9.59 Å². The van der Waals surface area contributed by atoms with E-state index in [1.165, 1.54) is 0 Å². The predicted octanol–water partition coefficient (Wildman–Crippen LogP) is 0.516. The average Bonchev–Trinajstić information content (AvgIpc) is 2.33. The third-order valence-corrected chi connectivity index (χ3v) is 1.95. The lowest BCUT2D eigenvalue weighted by molar-refractivity contribution is -0.191. The van der Waals surface area contributed by atoms with E-state index in [9.17, 15) is 5.11 Å². The summed E-state index contributed by atoms with van der Waals surface area (Å²) in [5.41, 5.74) is 0.365. The molecule has 0 spiro atoms. The Morgan fingerprint density at radius 2 is 1.93 bits per heavy atom. The second-order valence-corrected chi connectivity index (χ2v) is 4.82. The molecule has 0 bridgehead atoms. The second-order valence-electron chi connectivity index (χ2n) is 4.82. The van der Waals surface area contributed by atoms with Crippen LogP contribution in [0.4, 0.5) is 0 Å². The third-order valence-electron chi connectivity index (χ3n) is 1.95. The molecule has 1 aliphatic rings. The lowest BCUT2D eigenvalue weighted by Crippen LogP contribution is -2.31. The summed E-state index contributed by atoms with van der Waals surface area (Å²) >= 11 is 0. The first-order valence-electron chi connectivity index (χ1n) is 4.79. The van der Waals surface area contributed by atoms with Gasteiger partial charge >= 0.3 is 6.15 Å². The Kier molecular flexibility index (Phi) is 5.62. The van der Waals surface area contributed by atoms with Gasteiger partial charge in [0.2, 0.25) is 0 Å². The zero-order valence-corrected chi connectivity index (χ0v) is 9.12. The van der Waals surface area contributed by atoms with Crippen LogP contribution < -0.4 is 0 Å². The van der Waals surface area contributed by atoms with Gasteiger partial charge < -0.3 is 10.0 Å². The fourth-order valence-electron chi connectivity index (χ4n) is 1.63. The summed E-state index contributed by atoms with van der Waals surface area (Å²) in [6.07, 6.45) is 1.13. The smallest absolute Gasteiger partial charge is 0.373 e. The number of hydrogen-bond acceptors (Lipinski definition) is 4. The van der Waals surface area contributed by atoms with Crippen LogP contribution in [-0.2, 0) is 9.59 Å². The quantitative estimate of drug-likeness (QED) is 0.671. The van der Waals surface area contributed by atoms with Gasteiger partial charge in [0.15, 0.2) is 0 Å². The van der Waals surface area contributed by atoms with Crippen LogP contribution in [0.5, 0.6) is 0 Å². The fraction of sp³-hybridized carbons (Fsp3) is 0.900. The van der Waals surface area contributed by atoms with Gasteiger partial charge in [-0.2, -0.15) is 9.59 Å². The number of carbonyl (C=O) groups excluding carboxylic acids is 2. The van der Waals surface area contributed by atoms with Crippen molar-refractivity contribution < 1.29 is 14.7 Å². The summed E-state index contributed by atoms with van der Waals surface area (Å²) in [5.74, 6) is 0. The highest BCUT2D eigenvalue weighted by atomic mass is 16.3. The van der Waals surface area contributed by atoms with Crippen molar-refractivity contribution in [1.29, 1.82) is 0 Å². The van der Waals surface area contributed by atoms with E-state index in [-0.39, 0.29) is 12.3 Å².